The van der Waals surface area contributed by atoms with Gasteiger partial charge in [-0.05, 0) is 0 Å². The number of amides is 2. The molecule has 0 aliphatic carbocycles. The number of urea groups is 1. The van der Waals surface area contributed by atoms with Crippen LogP contribution in [0.15, 0.2) is 60.7 Å². The Hall–Kier alpha value is -2.10. The van der Waals surface area contributed by atoms with Gasteiger partial charge >= 0.3 is 147 Å². The summed E-state index contributed by atoms with van der Waals surface area (Å²) in [7, 11) is 0. The molecule has 4 rings (SSSR count). The molecular formula is C19H18N2O2Se. The Bertz CT molecular complexity index is 750. The van der Waals surface area contributed by atoms with Crippen molar-refractivity contribution in [3.05, 3.63) is 71.8 Å². The summed E-state index contributed by atoms with van der Waals surface area (Å²) in [5.41, 5.74) is 2.18. The molecule has 2 heterocycles. The molecule has 0 aromatic heterocycles. The molecule has 5 heteroatoms. The summed E-state index contributed by atoms with van der Waals surface area (Å²) in [6, 6.07) is 19.7. The number of fused-ring (bicyclic) bond motifs is 1. The minimum atomic E-state index is -0.263. The number of hydrogen-bond donors (Lipinski definition) is 0. The second-order valence-electron chi connectivity index (χ2n) is 6.15. The molecule has 0 N–H and O–H groups in total. The van der Waals surface area contributed by atoms with Gasteiger partial charge in [0.2, 0.25) is 0 Å². The van der Waals surface area contributed by atoms with Crippen LogP contribution in [0.1, 0.15) is 11.1 Å². The Morgan fingerprint density at radius 2 is 1.38 bits per heavy atom. The Balaban J connectivity index is 1.60. The van der Waals surface area contributed by atoms with Gasteiger partial charge in [-0.15, -0.1) is 0 Å². The van der Waals surface area contributed by atoms with E-state index in [-0.39, 0.29) is 37.8 Å². The van der Waals surface area contributed by atoms with Crippen LogP contribution >= 0.6 is 0 Å². The van der Waals surface area contributed by atoms with Crippen molar-refractivity contribution in [2.45, 2.75) is 30.5 Å². The molecule has 2 unspecified atom stereocenters. The second kappa shape index (κ2) is 6.42. The van der Waals surface area contributed by atoms with Crippen molar-refractivity contribution in [2.24, 2.45) is 0 Å². The van der Waals surface area contributed by atoms with Crippen LogP contribution in [0.5, 0.6) is 0 Å². The topological polar surface area (TPSA) is 40.6 Å². The van der Waals surface area contributed by atoms with E-state index in [1.165, 1.54) is 0 Å². The van der Waals surface area contributed by atoms with Crippen molar-refractivity contribution >= 4 is 25.7 Å². The van der Waals surface area contributed by atoms with E-state index in [0.717, 1.165) is 16.4 Å². The predicted molar refractivity (Wildman–Crippen MR) is 92.5 cm³/mol. The molecular weight excluding hydrogens is 367 g/mol. The fraction of sp³-hybridized carbons (Fsp3) is 0.263. The number of carbonyl (C=O) groups is 2. The first-order valence-electron chi connectivity index (χ1n) is 8.06. The molecule has 24 heavy (non-hydrogen) atoms. The normalized spacial score (nSPS) is 23.0. The van der Waals surface area contributed by atoms with Crippen molar-refractivity contribution in [3.63, 3.8) is 0 Å². The van der Waals surface area contributed by atoms with Crippen LogP contribution in [0.25, 0.3) is 0 Å². The van der Waals surface area contributed by atoms with Crippen molar-refractivity contribution in [2.75, 3.05) is 0 Å². The third kappa shape index (κ3) is 2.74. The quantitative estimate of drug-likeness (QED) is 0.759. The molecule has 2 aromatic carbocycles. The first-order valence-corrected chi connectivity index (χ1v) is 10.1. The summed E-state index contributed by atoms with van der Waals surface area (Å²) >= 11 is -0.0140. The maximum absolute atomic E-state index is 13.0. The summed E-state index contributed by atoms with van der Waals surface area (Å²) in [6.07, 6.45) is 0. The van der Waals surface area contributed by atoms with E-state index in [1.807, 2.05) is 65.6 Å². The van der Waals surface area contributed by atoms with Gasteiger partial charge in [-0.2, -0.15) is 0 Å². The maximum atomic E-state index is 13.0. The average Bonchev–Trinajstić information content (AvgIpc) is 3.11. The molecule has 0 bridgehead atoms. The van der Waals surface area contributed by atoms with Crippen LogP contribution in [0.2, 0.25) is 5.32 Å². The van der Waals surface area contributed by atoms with Crippen LogP contribution in [0, 0.1) is 0 Å². The van der Waals surface area contributed by atoms with Gasteiger partial charge in [0.05, 0.1) is 0 Å². The van der Waals surface area contributed by atoms with Crippen molar-refractivity contribution in [1.82, 2.24) is 9.80 Å². The third-order valence-corrected chi connectivity index (χ3v) is 6.79. The van der Waals surface area contributed by atoms with E-state index in [0.29, 0.717) is 13.1 Å². The number of nitrogens with zero attached hydrogens (tertiary/aromatic N) is 2. The zero-order valence-corrected chi connectivity index (χ0v) is 14.9. The molecule has 2 aliphatic rings. The average molecular weight is 385 g/mol. The molecule has 2 amide bonds. The summed E-state index contributed by atoms with van der Waals surface area (Å²) in [6.45, 7) is 1.09. The van der Waals surface area contributed by atoms with Gasteiger partial charge in [0.25, 0.3) is 0 Å². The standard InChI is InChI=1S/C19H18N2O2Se/c22-18-17-16(13-24-18)20(11-14-7-3-1-4-8-14)19(23)21(17)12-15-9-5-2-6-10-15/h1-10,16-17H,11-13H2. The molecule has 122 valence electrons. The minimum absolute atomic E-state index is 0.0124. The fourth-order valence-corrected chi connectivity index (χ4v) is 5.85. The second-order valence-corrected chi connectivity index (χ2v) is 8.30. The monoisotopic (exact) mass is 386 g/mol. The molecule has 2 atom stereocenters. The van der Waals surface area contributed by atoms with E-state index in [2.05, 4.69) is 0 Å². The van der Waals surface area contributed by atoms with Crippen molar-refractivity contribution in [3.8, 4) is 0 Å². The van der Waals surface area contributed by atoms with Gasteiger partial charge in [0.1, 0.15) is 0 Å². The third-order valence-electron chi connectivity index (χ3n) is 4.62. The Morgan fingerprint density at radius 1 is 0.833 bits per heavy atom. The molecule has 2 fully saturated rings. The first-order chi connectivity index (χ1) is 11.7. The number of rotatable bonds is 4. The summed E-state index contributed by atoms with van der Waals surface area (Å²) in [5, 5.41) is 0.834. The molecule has 2 aromatic rings. The number of carbonyl (C=O) groups excluding carboxylic acids is 2. The molecule has 0 spiro atoms. The van der Waals surface area contributed by atoms with Crippen LogP contribution in [-0.4, -0.2) is 47.6 Å². The van der Waals surface area contributed by atoms with Crippen LogP contribution < -0.4 is 0 Å². The summed E-state index contributed by atoms with van der Waals surface area (Å²) in [4.78, 5) is 29.1. The first kappa shape index (κ1) is 15.4. The molecule has 4 nitrogen and oxygen atoms in total. The van der Waals surface area contributed by atoms with Crippen molar-refractivity contribution < 1.29 is 9.59 Å². The molecule has 2 saturated heterocycles. The van der Waals surface area contributed by atoms with Crippen molar-refractivity contribution in [1.29, 1.82) is 0 Å². The number of benzene rings is 2. The van der Waals surface area contributed by atoms with Gasteiger partial charge < -0.3 is 0 Å². The predicted octanol–water partition coefficient (Wildman–Crippen LogP) is 2.52. The fourth-order valence-electron chi connectivity index (χ4n) is 3.43. The summed E-state index contributed by atoms with van der Waals surface area (Å²) < 4.78 is 0.257. The Morgan fingerprint density at radius 3 is 1.96 bits per heavy atom. The SMILES string of the molecule is O=C1[Se]CC2C1N(Cc1ccccc1)C(=O)N2Cc1ccccc1. The van der Waals surface area contributed by atoms with Gasteiger partial charge in [-0.25, -0.2) is 0 Å². The zero-order chi connectivity index (χ0) is 16.5. The van der Waals surface area contributed by atoms with Crippen LogP contribution in [0.4, 0.5) is 4.79 Å². The summed E-state index contributed by atoms with van der Waals surface area (Å²) in [5.74, 6) is 0. The van der Waals surface area contributed by atoms with E-state index in [4.69, 9.17) is 0 Å². The van der Waals surface area contributed by atoms with E-state index in [9.17, 15) is 9.59 Å². The van der Waals surface area contributed by atoms with Gasteiger partial charge in [-0.1, -0.05) is 0 Å². The van der Waals surface area contributed by atoms with Crippen LogP contribution in [-0.2, 0) is 17.9 Å². The van der Waals surface area contributed by atoms with E-state index >= 15 is 0 Å². The molecule has 2 aliphatic heterocycles. The zero-order valence-electron chi connectivity index (χ0n) is 13.2. The van der Waals surface area contributed by atoms with E-state index < -0.39 is 0 Å². The Kier molecular flexibility index (Phi) is 4.13. The van der Waals surface area contributed by atoms with Crippen LogP contribution in [0.3, 0.4) is 0 Å². The number of hydrogen-bond acceptors (Lipinski definition) is 2. The van der Waals surface area contributed by atoms with Gasteiger partial charge in [0, 0.05) is 0 Å². The van der Waals surface area contributed by atoms with E-state index in [1.54, 1.807) is 4.90 Å². The van der Waals surface area contributed by atoms with Gasteiger partial charge in [-0.3, -0.25) is 0 Å². The molecule has 0 saturated carbocycles. The molecule has 0 radical (unpaired) electrons. The van der Waals surface area contributed by atoms with Gasteiger partial charge in [0.15, 0.2) is 0 Å². The Labute approximate surface area is 147 Å².